The highest BCUT2D eigenvalue weighted by Crippen LogP contribution is 2.34. The minimum atomic E-state index is 0.00609. The first-order valence-corrected chi connectivity index (χ1v) is 8.31. The first kappa shape index (κ1) is 15.2. The van der Waals surface area contributed by atoms with Gasteiger partial charge in [0, 0.05) is 26.0 Å². The van der Waals surface area contributed by atoms with Crippen molar-refractivity contribution in [1.29, 1.82) is 0 Å². The maximum Gasteiger partial charge on any atom is 0.257 e. The average molecular weight is 330 g/mol. The molecule has 2 aromatic heterocycles. The molecular weight excluding hydrogens is 308 g/mol. The van der Waals surface area contributed by atoms with Gasteiger partial charge in [0.05, 0.1) is 36.5 Å². The van der Waals surface area contributed by atoms with Crippen molar-refractivity contribution in [3.63, 3.8) is 0 Å². The van der Waals surface area contributed by atoms with Crippen LogP contribution < -0.4 is 5.73 Å². The number of hydrogen-bond acceptors (Lipinski definition) is 5. The van der Waals surface area contributed by atoms with Gasteiger partial charge in [-0.05, 0) is 25.3 Å². The molecule has 0 spiro atoms. The van der Waals surface area contributed by atoms with Crippen LogP contribution in [0.15, 0.2) is 24.7 Å². The van der Waals surface area contributed by atoms with Gasteiger partial charge in [-0.1, -0.05) is 0 Å². The molecule has 1 aliphatic carbocycles. The Balaban J connectivity index is 1.51. The molecule has 0 unspecified atom stereocenters. The topological polar surface area (TPSA) is 91.2 Å². The van der Waals surface area contributed by atoms with Gasteiger partial charge in [0.1, 0.15) is 5.82 Å². The molecule has 8 nitrogen and oxygen atoms in total. The van der Waals surface area contributed by atoms with Crippen LogP contribution in [0, 0.1) is 0 Å². The van der Waals surface area contributed by atoms with E-state index in [0.717, 1.165) is 19.3 Å². The molecule has 2 aromatic rings. The Labute approximate surface area is 140 Å². The molecule has 2 fully saturated rings. The van der Waals surface area contributed by atoms with Crippen molar-refractivity contribution in [3.8, 4) is 0 Å². The molecule has 0 aromatic carbocycles. The van der Waals surface area contributed by atoms with Crippen molar-refractivity contribution in [2.75, 3.05) is 19.4 Å². The fourth-order valence-electron chi connectivity index (χ4n) is 3.31. The third kappa shape index (κ3) is 2.89. The van der Waals surface area contributed by atoms with Crippen molar-refractivity contribution >= 4 is 11.7 Å². The zero-order valence-electron chi connectivity index (χ0n) is 13.7. The summed E-state index contributed by atoms with van der Waals surface area (Å²) < 4.78 is 9.17. The summed E-state index contributed by atoms with van der Waals surface area (Å²) in [6, 6.07) is 2.26. The first-order chi connectivity index (χ1) is 11.6. The van der Waals surface area contributed by atoms with Crippen LogP contribution in [0.25, 0.3) is 0 Å². The van der Waals surface area contributed by atoms with Gasteiger partial charge >= 0.3 is 0 Å². The van der Waals surface area contributed by atoms with Crippen LogP contribution in [-0.2, 0) is 11.3 Å². The Bertz CT molecular complexity index is 735. The molecule has 3 heterocycles. The van der Waals surface area contributed by atoms with E-state index in [0.29, 0.717) is 30.5 Å². The summed E-state index contributed by atoms with van der Waals surface area (Å²) in [7, 11) is 1.69. The molecule has 1 amide bonds. The van der Waals surface area contributed by atoms with Gasteiger partial charge in [0.15, 0.2) is 0 Å². The minimum Gasteiger partial charge on any atom is -0.382 e. The predicted molar refractivity (Wildman–Crippen MR) is 87.4 cm³/mol. The van der Waals surface area contributed by atoms with Crippen molar-refractivity contribution < 1.29 is 9.53 Å². The van der Waals surface area contributed by atoms with Gasteiger partial charge in [-0.3, -0.25) is 14.2 Å². The normalized spacial score (nSPS) is 23.8. The van der Waals surface area contributed by atoms with Crippen LogP contribution in [-0.4, -0.2) is 56.2 Å². The number of likely N-dealkylation sites (tertiary alicyclic amines) is 1. The largest absolute Gasteiger partial charge is 0.382 e. The molecule has 1 saturated heterocycles. The number of anilines is 1. The lowest BCUT2D eigenvalue weighted by Crippen LogP contribution is -2.38. The third-order valence-corrected chi connectivity index (χ3v) is 4.80. The number of nitrogens with zero attached hydrogens (tertiary/aromatic N) is 5. The van der Waals surface area contributed by atoms with Gasteiger partial charge in [0.25, 0.3) is 5.91 Å². The highest BCUT2D eigenvalue weighted by Gasteiger charge is 2.37. The second kappa shape index (κ2) is 5.94. The van der Waals surface area contributed by atoms with Crippen LogP contribution in [0.3, 0.4) is 0 Å². The maximum atomic E-state index is 12.9. The Kier molecular flexibility index (Phi) is 3.76. The maximum absolute atomic E-state index is 12.9. The number of carbonyl (C=O) groups is 1. The summed E-state index contributed by atoms with van der Waals surface area (Å²) in [4.78, 5) is 14.8. The molecule has 1 aliphatic heterocycles. The Morgan fingerprint density at radius 3 is 2.96 bits per heavy atom. The third-order valence-electron chi connectivity index (χ3n) is 4.80. The summed E-state index contributed by atoms with van der Waals surface area (Å²) in [6.45, 7) is 1.20. The summed E-state index contributed by atoms with van der Waals surface area (Å²) in [5.74, 6) is 0.492. The van der Waals surface area contributed by atoms with Crippen LogP contribution in [0.5, 0.6) is 0 Å². The van der Waals surface area contributed by atoms with Gasteiger partial charge < -0.3 is 15.4 Å². The van der Waals surface area contributed by atoms with E-state index in [1.807, 2.05) is 22.0 Å². The summed E-state index contributed by atoms with van der Waals surface area (Å²) in [5.41, 5.74) is 6.32. The Morgan fingerprint density at radius 1 is 1.46 bits per heavy atom. The van der Waals surface area contributed by atoms with Crippen LogP contribution in [0.1, 0.15) is 35.7 Å². The second-order valence-corrected chi connectivity index (χ2v) is 6.61. The molecule has 0 radical (unpaired) electrons. The monoisotopic (exact) mass is 330 g/mol. The standard InChI is InChI=1S/C16H22N6O2/c1-24-14-6-13(9-20-5-4-15(17)19-20)21(10-14)16(23)11-7-18-22(8-11)12-2-3-12/h4-5,7-8,12-14H,2-3,6,9-10H2,1H3,(H2,17,19)/t13-,14+/m0/s1. The predicted octanol–water partition coefficient (Wildman–Crippen LogP) is 0.926. The van der Waals surface area contributed by atoms with Crippen molar-refractivity contribution in [1.82, 2.24) is 24.5 Å². The first-order valence-electron chi connectivity index (χ1n) is 8.31. The number of nitrogens with two attached hydrogens (primary N) is 1. The molecular formula is C16H22N6O2. The molecule has 24 heavy (non-hydrogen) atoms. The minimum absolute atomic E-state index is 0.00609. The molecule has 2 N–H and O–H groups in total. The molecule has 1 saturated carbocycles. The molecule has 4 rings (SSSR count). The molecule has 2 aliphatic rings. The van der Waals surface area contributed by atoms with Crippen LogP contribution in [0.4, 0.5) is 5.82 Å². The quantitative estimate of drug-likeness (QED) is 0.880. The van der Waals surface area contributed by atoms with Gasteiger partial charge in [0.2, 0.25) is 0 Å². The van der Waals surface area contributed by atoms with Crippen molar-refractivity contribution in [2.24, 2.45) is 0 Å². The van der Waals surface area contributed by atoms with E-state index < -0.39 is 0 Å². The van der Waals surface area contributed by atoms with E-state index in [2.05, 4.69) is 10.2 Å². The number of aromatic nitrogens is 4. The second-order valence-electron chi connectivity index (χ2n) is 6.61. The molecule has 8 heteroatoms. The van der Waals surface area contributed by atoms with Crippen LogP contribution in [0.2, 0.25) is 0 Å². The van der Waals surface area contributed by atoms with Crippen molar-refractivity contribution in [2.45, 2.75) is 44.0 Å². The molecule has 0 bridgehead atoms. The van der Waals surface area contributed by atoms with Crippen molar-refractivity contribution in [3.05, 3.63) is 30.2 Å². The molecule has 2 atom stereocenters. The average Bonchev–Trinajstić information content (AvgIpc) is 2.99. The zero-order chi connectivity index (χ0) is 16.7. The number of rotatable bonds is 5. The van der Waals surface area contributed by atoms with Gasteiger partial charge in [-0.25, -0.2) is 0 Å². The van der Waals surface area contributed by atoms with E-state index in [1.54, 1.807) is 24.1 Å². The Morgan fingerprint density at radius 2 is 2.29 bits per heavy atom. The number of methoxy groups -OCH3 is 1. The Hall–Kier alpha value is -2.35. The van der Waals surface area contributed by atoms with Gasteiger partial charge in [-0.15, -0.1) is 0 Å². The number of ether oxygens (including phenoxy) is 1. The lowest BCUT2D eigenvalue weighted by Gasteiger charge is -2.23. The number of amides is 1. The lowest BCUT2D eigenvalue weighted by molar-refractivity contribution is 0.0678. The lowest BCUT2D eigenvalue weighted by atomic mass is 10.2. The summed E-state index contributed by atoms with van der Waals surface area (Å²) >= 11 is 0. The highest BCUT2D eigenvalue weighted by molar-refractivity contribution is 5.94. The zero-order valence-corrected chi connectivity index (χ0v) is 13.7. The SMILES string of the molecule is CO[C@@H]1C[C@@H](Cn2ccc(N)n2)N(C(=O)c2cnn(C3CC3)c2)C1. The fourth-order valence-corrected chi connectivity index (χ4v) is 3.31. The fraction of sp³-hybridized carbons (Fsp3) is 0.562. The molecule has 128 valence electrons. The van der Waals surface area contributed by atoms with Crippen LogP contribution >= 0.6 is 0 Å². The van der Waals surface area contributed by atoms with E-state index in [9.17, 15) is 4.79 Å². The smallest absolute Gasteiger partial charge is 0.257 e. The van der Waals surface area contributed by atoms with E-state index >= 15 is 0 Å². The summed E-state index contributed by atoms with van der Waals surface area (Å²) in [6.07, 6.45) is 8.50. The van der Waals surface area contributed by atoms with Gasteiger partial charge in [-0.2, -0.15) is 10.2 Å². The number of nitrogen functional groups attached to an aromatic ring is 1. The van der Waals surface area contributed by atoms with E-state index in [1.165, 1.54) is 0 Å². The van der Waals surface area contributed by atoms with E-state index in [-0.39, 0.29) is 18.1 Å². The number of carbonyl (C=O) groups excluding carboxylic acids is 1. The van der Waals surface area contributed by atoms with E-state index in [4.69, 9.17) is 10.5 Å². The summed E-state index contributed by atoms with van der Waals surface area (Å²) in [5, 5.41) is 8.55. The number of hydrogen-bond donors (Lipinski definition) is 1. The highest BCUT2D eigenvalue weighted by atomic mass is 16.5.